The molecule has 0 bridgehead atoms. The summed E-state index contributed by atoms with van der Waals surface area (Å²) in [7, 11) is 1.58. The van der Waals surface area contributed by atoms with Crippen molar-refractivity contribution in [1.82, 2.24) is 9.88 Å². The quantitative estimate of drug-likeness (QED) is 0.516. The zero-order valence-corrected chi connectivity index (χ0v) is 18.5. The van der Waals surface area contributed by atoms with E-state index in [0.717, 1.165) is 5.56 Å². The number of anilines is 1. The lowest BCUT2D eigenvalue weighted by Gasteiger charge is -2.27. The Labute approximate surface area is 194 Å². The van der Waals surface area contributed by atoms with Gasteiger partial charge in [0.1, 0.15) is 11.6 Å². The number of hydrogen-bond donors (Lipinski definition) is 2. The first-order valence-corrected chi connectivity index (χ1v) is 11.1. The summed E-state index contributed by atoms with van der Waals surface area (Å²) in [6, 6.07) is 16.8. The lowest BCUT2D eigenvalue weighted by molar-refractivity contribution is -0.125. The summed E-state index contributed by atoms with van der Waals surface area (Å²) in [5.74, 6) is 1.70. The van der Waals surface area contributed by atoms with Crippen molar-refractivity contribution in [1.29, 1.82) is 0 Å². The van der Waals surface area contributed by atoms with Crippen molar-refractivity contribution < 1.29 is 17.9 Å². The molecule has 0 radical (unpaired) electrons. The molecule has 1 unspecified atom stereocenters. The van der Waals surface area contributed by atoms with E-state index < -0.39 is 18.9 Å². The van der Waals surface area contributed by atoms with E-state index in [1.165, 1.54) is 23.0 Å². The van der Waals surface area contributed by atoms with Crippen LogP contribution in [0.15, 0.2) is 65.5 Å². The van der Waals surface area contributed by atoms with Crippen LogP contribution in [-0.4, -0.2) is 30.6 Å². The molecule has 1 atom stereocenters. The third-order valence-corrected chi connectivity index (χ3v) is 6.11. The molecule has 2 heterocycles. The Morgan fingerprint density at radius 3 is 2.41 bits per heavy atom. The minimum Gasteiger partial charge on any atom is -0.497 e. The fourth-order valence-electron chi connectivity index (χ4n) is 4.19. The molecule has 2 aromatic carbocycles. The zero-order chi connectivity index (χ0) is 23.9. The largest absolute Gasteiger partial charge is 0.497 e. The van der Waals surface area contributed by atoms with E-state index in [1.54, 1.807) is 37.5 Å². The highest BCUT2D eigenvalue weighted by atomic mass is 19.4. The molecule has 2 aliphatic rings. The monoisotopic (exact) mass is 467 g/mol. The van der Waals surface area contributed by atoms with Gasteiger partial charge in [-0.2, -0.15) is 13.2 Å². The topological polar surface area (TPSA) is 55.3 Å². The Morgan fingerprint density at radius 1 is 1.09 bits per heavy atom. The highest BCUT2D eigenvalue weighted by molar-refractivity contribution is 5.76. The molecular weight excluding hydrogens is 443 g/mol. The summed E-state index contributed by atoms with van der Waals surface area (Å²) in [4.78, 5) is 13.7. The van der Waals surface area contributed by atoms with Gasteiger partial charge in [-0.3, -0.25) is 14.7 Å². The Hall–Kier alpha value is -3.52. The number of hydrogen-bond acceptors (Lipinski definition) is 4. The van der Waals surface area contributed by atoms with Crippen LogP contribution in [0.5, 0.6) is 5.75 Å². The van der Waals surface area contributed by atoms with Crippen molar-refractivity contribution in [3.8, 4) is 22.6 Å². The zero-order valence-electron chi connectivity index (χ0n) is 18.5. The van der Waals surface area contributed by atoms with E-state index >= 15 is 0 Å². The Kier molecular flexibility index (Phi) is 5.69. The number of nitrogens with one attached hydrogen (secondary N) is 2. The van der Waals surface area contributed by atoms with Crippen LogP contribution in [0.4, 0.5) is 19.0 Å². The van der Waals surface area contributed by atoms with Crippen molar-refractivity contribution in [3.63, 3.8) is 0 Å². The lowest BCUT2D eigenvalue weighted by atomic mass is 10.0. The van der Waals surface area contributed by atoms with Gasteiger partial charge < -0.3 is 10.1 Å². The van der Waals surface area contributed by atoms with Gasteiger partial charge in [0, 0.05) is 11.1 Å². The van der Waals surface area contributed by atoms with Crippen LogP contribution in [0.25, 0.3) is 22.9 Å². The maximum absolute atomic E-state index is 13.7. The van der Waals surface area contributed by atoms with Crippen LogP contribution in [0, 0.1) is 0 Å². The number of benzene rings is 2. The summed E-state index contributed by atoms with van der Waals surface area (Å²) >= 11 is 0. The Balaban J connectivity index is 1.59. The Morgan fingerprint density at radius 2 is 1.79 bits per heavy atom. The molecular formula is C26H24F3N3O2. The van der Waals surface area contributed by atoms with Gasteiger partial charge in [0.2, 0.25) is 0 Å². The van der Waals surface area contributed by atoms with Crippen molar-refractivity contribution in [2.24, 2.45) is 0 Å². The van der Waals surface area contributed by atoms with Gasteiger partial charge in [0.05, 0.1) is 25.5 Å². The second kappa shape index (κ2) is 8.68. The lowest BCUT2D eigenvalue weighted by Crippen LogP contribution is -2.43. The number of aromatic nitrogens is 1. The van der Waals surface area contributed by atoms with Gasteiger partial charge in [0.15, 0.2) is 0 Å². The van der Waals surface area contributed by atoms with Crippen LogP contribution in [-0.2, 0) is 0 Å². The number of nitrogens with zero attached hydrogens (tertiary/aromatic N) is 1. The molecule has 0 amide bonds. The average molecular weight is 467 g/mol. The van der Waals surface area contributed by atoms with Crippen LogP contribution in [0.3, 0.4) is 0 Å². The summed E-state index contributed by atoms with van der Waals surface area (Å²) in [5.41, 5.74) is 3.54. The fraction of sp³-hybridized carbons (Fsp3) is 0.269. The highest BCUT2D eigenvalue weighted by Gasteiger charge is 2.29. The van der Waals surface area contributed by atoms with Crippen LogP contribution in [0.1, 0.15) is 29.9 Å². The number of halogens is 3. The van der Waals surface area contributed by atoms with Gasteiger partial charge in [0.25, 0.3) is 5.56 Å². The molecule has 34 heavy (non-hydrogen) atoms. The molecule has 1 fully saturated rings. The van der Waals surface area contributed by atoms with Gasteiger partial charge in [-0.15, -0.1) is 0 Å². The highest BCUT2D eigenvalue weighted by Crippen LogP contribution is 2.40. The van der Waals surface area contributed by atoms with Gasteiger partial charge >= 0.3 is 6.18 Å². The first kappa shape index (κ1) is 22.3. The number of pyridine rings is 1. The van der Waals surface area contributed by atoms with E-state index in [2.05, 4.69) is 10.6 Å². The van der Waals surface area contributed by atoms with Gasteiger partial charge in [-0.05, 0) is 66.3 Å². The fourth-order valence-corrected chi connectivity index (χ4v) is 4.19. The average Bonchev–Trinajstić information content (AvgIpc) is 3.68. The van der Waals surface area contributed by atoms with Crippen molar-refractivity contribution in [3.05, 3.63) is 82.2 Å². The number of fused-ring (bicyclic) bond motifs is 1. The molecule has 5 nitrogen and oxygen atoms in total. The predicted octanol–water partition coefficient (Wildman–Crippen LogP) is 5.31. The SMILES string of the molecule is COc1ccc(-c2cc3c(n(-c4ccc(C5CC5)cc4)c2=O)NC(NCC(F)(F)F)C=C3)cc1. The summed E-state index contributed by atoms with van der Waals surface area (Å²) in [5, 5.41) is 5.51. The van der Waals surface area contributed by atoms with Crippen LogP contribution in [0.2, 0.25) is 0 Å². The van der Waals surface area contributed by atoms with Crippen LogP contribution < -0.4 is 20.9 Å². The van der Waals surface area contributed by atoms with E-state index in [4.69, 9.17) is 4.74 Å². The van der Waals surface area contributed by atoms with E-state index in [0.29, 0.717) is 34.3 Å². The molecule has 3 aromatic rings. The minimum atomic E-state index is -4.34. The first-order chi connectivity index (χ1) is 16.3. The van der Waals surface area contributed by atoms with Gasteiger partial charge in [-0.25, -0.2) is 0 Å². The van der Waals surface area contributed by atoms with E-state index in [-0.39, 0.29) is 5.56 Å². The molecule has 1 aromatic heterocycles. The number of ether oxygens (including phenoxy) is 1. The van der Waals surface area contributed by atoms with Crippen molar-refractivity contribution in [2.45, 2.75) is 31.1 Å². The molecule has 0 spiro atoms. The Bertz CT molecular complexity index is 1270. The smallest absolute Gasteiger partial charge is 0.401 e. The summed E-state index contributed by atoms with van der Waals surface area (Å²) in [6.45, 7) is -1.14. The normalized spacial score (nSPS) is 17.2. The maximum Gasteiger partial charge on any atom is 0.401 e. The van der Waals surface area contributed by atoms with E-state index in [9.17, 15) is 18.0 Å². The maximum atomic E-state index is 13.7. The minimum absolute atomic E-state index is 0.263. The summed E-state index contributed by atoms with van der Waals surface area (Å²) in [6.07, 6.45) is 0.587. The van der Waals surface area contributed by atoms with E-state index in [1.807, 2.05) is 36.4 Å². The number of alkyl halides is 3. The summed E-state index contributed by atoms with van der Waals surface area (Å²) < 4.78 is 45.0. The molecule has 1 aliphatic heterocycles. The second-order valence-corrected chi connectivity index (χ2v) is 8.57. The molecule has 176 valence electrons. The molecule has 0 saturated heterocycles. The van der Waals surface area contributed by atoms with Gasteiger partial charge in [-0.1, -0.05) is 30.3 Å². The molecule has 8 heteroatoms. The first-order valence-electron chi connectivity index (χ1n) is 11.1. The molecule has 5 rings (SSSR count). The number of methoxy groups -OCH3 is 1. The van der Waals surface area contributed by atoms with Crippen molar-refractivity contribution in [2.75, 3.05) is 19.0 Å². The predicted molar refractivity (Wildman–Crippen MR) is 127 cm³/mol. The third-order valence-electron chi connectivity index (χ3n) is 6.11. The third kappa shape index (κ3) is 4.59. The molecule has 2 N–H and O–H groups in total. The standard InChI is InChI=1S/C26H24F3N3O2/c1-34-21-11-6-18(7-12-21)22-14-19-8-13-23(30-15-26(27,28)29)31-24(19)32(25(22)33)20-9-4-17(5-10-20)16-2-3-16/h4-14,16,23,30-31H,2-3,15H2,1H3. The van der Waals surface area contributed by atoms with Crippen LogP contribution >= 0.6 is 0 Å². The second-order valence-electron chi connectivity index (χ2n) is 8.57. The molecule has 1 saturated carbocycles. The molecule has 1 aliphatic carbocycles. The number of rotatable bonds is 6. The van der Waals surface area contributed by atoms with Crippen molar-refractivity contribution >= 4 is 11.9 Å².